The molecule has 1 fully saturated rings. The van der Waals surface area contributed by atoms with E-state index < -0.39 is 48.0 Å². The Hall–Kier alpha value is -2.12. The van der Waals surface area contributed by atoms with E-state index in [2.05, 4.69) is 10.6 Å². The molecule has 2 N–H and O–H groups in total. The molecule has 0 atom stereocenters. The number of rotatable bonds is 8. The molecule has 1 saturated heterocycles. The standard InChI is InChI=1S/C16H27N3O5/c1-6-15(4,5)17-11(20)10-24-12(21)9-19-13(22)16(7-2,8-3)18-14(19)23/h6-10H2,1-5H3,(H,17,20)(H,18,23). The molecule has 0 bridgehead atoms. The molecule has 0 saturated carbocycles. The van der Waals surface area contributed by atoms with Gasteiger partial charge in [0.1, 0.15) is 12.1 Å². The monoisotopic (exact) mass is 341 g/mol. The van der Waals surface area contributed by atoms with E-state index in [1.807, 2.05) is 20.8 Å². The van der Waals surface area contributed by atoms with Crippen LogP contribution in [0, 0.1) is 0 Å². The molecule has 0 aliphatic carbocycles. The maximum absolute atomic E-state index is 12.4. The second-order valence-corrected chi connectivity index (χ2v) is 6.56. The molecule has 136 valence electrons. The van der Waals surface area contributed by atoms with E-state index in [0.717, 1.165) is 11.3 Å². The molecule has 1 heterocycles. The van der Waals surface area contributed by atoms with Crippen molar-refractivity contribution in [3.63, 3.8) is 0 Å². The Labute approximate surface area is 142 Å². The summed E-state index contributed by atoms with van der Waals surface area (Å²) in [4.78, 5) is 48.7. The number of esters is 1. The Balaban J connectivity index is 2.55. The van der Waals surface area contributed by atoms with E-state index >= 15 is 0 Å². The summed E-state index contributed by atoms with van der Waals surface area (Å²) in [5, 5.41) is 5.35. The van der Waals surface area contributed by atoms with Crippen LogP contribution in [0.1, 0.15) is 53.9 Å². The summed E-state index contributed by atoms with van der Waals surface area (Å²) in [6.07, 6.45) is 1.60. The van der Waals surface area contributed by atoms with Crippen molar-refractivity contribution >= 4 is 23.8 Å². The maximum atomic E-state index is 12.4. The number of ether oxygens (including phenoxy) is 1. The SMILES string of the molecule is CCC(C)(C)NC(=O)COC(=O)CN1C(=O)NC(CC)(CC)C1=O. The van der Waals surface area contributed by atoms with Gasteiger partial charge in [-0.25, -0.2) is 4.79 Å². The molecule has 1 rings (SSSR count). The van der Waals surface area contributed by atoms with Crippen molar-refractivity contribution in [3.8, 4) is 0 Å². The molecule has 8 heteroatoms. The number of nitrogens with one attached hydrogen (secondary N) is 2. The third kappa shape index (κ3) is 4.46. The molecule has 0 aromatic rings. The van der Waals surface area contributed by atoms with Crippen LogP contribution in [0.3, 0.4) is 0 Å². The van der Waals surface area contributed by atoms with Crippen LogP contribution in [-0.4, -0.2) is 52.9 Å². The van der Waals surface area contributed by atoms with Crippen LogP contribution >= 0.6 is 0 Å². The van der Waals surface area contributed by atoms with Gasteiger partial charge in [0.2, 0.25) is 0 Å². The summed E-state index contributed by atoms with van der Waals surface area (Å²) < 4.78 is 4.86. The van der Waals surface area contributed by atoms with Gasteiger partial charge in [-0.2, -0.15) is 0 Å². The molecule has 0 spiro atoms. The summed E-state index contributed by atoms with van der Waals surface area (Å²) in [6.45, 7) is 8.28. The Bertz CT molecular complexity index is 526. The van der Waals surface area contributed by atoms with Gasteiger partial charge in [-0.05, 0) is 33.1 Å². The van der Waals surface area contributed by atoms with E-state index in [1.165, 1.54) is 0 Å². The number of nitrogens with zero attached hydrogens (tertiary/aromatic N) is 1. The highest BCUT2D eigenvalue weighted by atomic mass is 16.5. The second-order valence-electron chi connectivity index (χ2n) is 6.56. The maximum Gasteiger partial charge on any atom is 0.326 e. The molecular weight excluding hydrogens is 314 g/mol. The number of hydrogen-bond acceptors (Lipinski definition) is 5. The van der Waals surface area contributed by atoms with Crippen molar-refractivity contribution in [3.05, 3.63) is 0 Å². The second kappa shape index (κ2) is 7.63. The predicted molar refractivity (Wildman–Crippen MR) is 87.0 cm³/mol. The fourth-order valence-electron chi connectivity index (χ4n) is 2.37. The van der Waals surface area contributed by atoms with Gasteiger partial charge in [0, 0.05) is 5.54 Å². The van der Waals surface area contributed by atoms with Crippen LogP contribution in [0.25, 0.3) is 0 Å². The summed E-state index contributed by atoms with van der Waals surface area (Å²) in [5.74, 6) is -1.67. The zero-order valence-electron chi connectivity index (χ0n) is 15.0. The minimum absolute atomic E-state index is 0.393. The van der Waals surface area contributed by atoms with Crippen LogP contribution in [0.2, 0.25) is 0 Å². The number of carbonyl (C=O) groups excluding carboxylic acids is 4. The first-order chi connectivity index (χ1) is 11.1. The largest absolute Gasteiger partial charge is 0.454 e. The number of amides is 4. The highest BCUT2D eigenvalue weighted by molar-refractivity contribution is 6.08. The van der Waals surface area contributed by atoms with Gasteiger partial charge in [0.05, 0.1) is 0 Å². The highest BCUT2D eigenvalue weighted by Gasteiger charge is 2.49. The lowest BCUT2D eigenvalue weighted by Crippen LogP contribution is -2.46. The molecule has 0 unspecified atom stereocenters. The Morgan fingerprint density at radius 2 is 1.79 bits per heavy atom. The zero-order valence-corrected chi connectivity index (χ0v) is 15.0. The lowest BCUT2D eigenvalue weighted by atomic mass is 9.93. The first kappa shape index (κ1) is 19.9. The van der Waals surface area contributed by atoms with Crippen molar-refractivity contribution in [2.45, 2.75) is 65.0 Å². The first-order valence-corrected chi connectivity index (χ1v) is 8.21. The van der Waals surface area contributed by atoms with E-state index in [0.29, 0.717) is 12.8 Å². The minimum atomic E-state index is -0.958. The Morgan fingerprint density at radius 1 is 1.21 bits per heavy atom. The molecule has 1 aliphatic heterocycles. The summed E-state index contributed by atoms with van der Waals surface area (Å²) in [7, 11) is 0. The number of imide groups is 1. The molecule has 4 amide bonds. The van der Waals surface area contributed by atoms with E-state index in [1.54, 1.807) is 13.8 Å². The fourth-order valence-corrected chi connectivity index (χ4v) is 2.37. The molecular formula is C16H27N3O5. The van der Waals surface area contributed by atoms with Crippen molar-refractivity contribution in [1.82, 2.24) is 15.5 Å². The van der Waals surface area contributed by atoms with Crippen molar-refractivity contribution in [1.29, 1.82) is 0 Å². The molecule has 0 aromatic carbocycles. The smallest absolute Gasteiger partial charge is 0.326 e. The zero-order chi connectivity index (χ0) is 18.5. The van der Waals surface area contributed by atoms with E-state index in [4.69, 9.17) is 4.74 Å². The van der Waals surface area contributed by atoms with Gasteiger partial charge >= 0.3 is 12.0 Å². The van der Waals surface area contributed by atoms with Crippen LogP contribution < -0.4 is 10.6 Å². The molecule has 24 heavy (non-hydrogen) atoms. The Kier molecular flexibility index (Phi) is 6.34. The predicted octanol–water partition coefficient (Wildman–Crippen LogP) is 0.945. The third-order valence-corrected chi connectivity index (χ3v) is 4.47. The quantitative estimate of drug-likeness (QED) is 0.505. The van der Waals surface area contributed by atoms with E-state index in [-0.39, 0.29) is 0 Å². The average Bonchev–Trinajstić information content (AvgIpc) is 2.77. The van der Waals surface area contributed by atoms with Crippen molar-refractivity contribution < 1.29 is 23.9 Å². The third-order valence-electron chi connectivity index (χ3n) is 4.47. The summed E-state index contributed by atoms with van der Waals surface area (Å²) >= 11 is 0. The minimum Gasteiger partial charge on any atom is -0.454 e. The van der Waals surface area contributed by atoms with Crippen molar-refractivity contribution in [2.75, 3.05) is 13.2 Å². The first-order valence-electron chi connectivity index (χ1n) is 8.21. The lowest BCUT2D eigenvalue weighted by Gasteiger charge is -2.24. The normalized spacial score (nSPS) is 16.8. The Morgan fingerprint density at radius 3 is 2.25 bits per heavy atom. The van der Waals surface area contributed by atoms with E-state index in [9.17, 15) is 19.2 Å². The van der Waals surface area contributed by atoms with Crippen LogP contribution in [0.4, 0.5) is 4.79 Å². The van der Waals surface area contributed by atoms with Gasteiger partial charge in [0.25, 0.3) is 11.8 Å². The lowest BCUT2D eigenvalue weighted by molar-refractivity contribution is -0.151. The van der Waals surface area contributed by atoms with Crippen LogP contribution in [0.5, 0.6) is 0 Å². The average molecular weight is 341 g/mol. The van der Waals surface area contributed by atoms with Gasteiger partial charge in [-0.1, -0.05) is 20.8 Å². The summed E-state index contributed by atoms with van der Waals surface area (Å²) in [5.41, 5.74) is -1.35. The number of carbonyl (C=O) groups is 4. The van der Waals surface area contributed by atoms with Gasteiger partial charge in [-0.15, -0.1) is 0 Å². The molecule has 0 aromatic heterocycles. The van der Waals surface area contributed by atoms with Gasteiger partial charge < -0.3 is 15.4 Å². The van der Waals surface area contributed by atoms with Crippen LogP contribution in [0.15, 0.2) is 0 Å². The van der Waals surface area contributed by atoms with Gasteiger partial charge in [-0.3, -0.25) is 19.3 Å². The topological polar surface area (TPSA) is 105 Å². The highest BCUT2D eigenvalue weighted by Crippen LogP contribution is 2.24. The number of urea groups is 1. The molecule has 8 nitrogen and oxygen atoms in total. The molecule has 0 radical (unpaired) electrons. The van der Waals surface area contributed by atoms with Crippen molar-refractivity contribution in [2.24, 2.45) is 0 Å². The summed E-state index contributed by atoms with van der Waals surface area (Å²) in [6, 6.07) is -0.614. The van der Waals surface area contributed by atoms with Gasteiger partial charge in [0.15, 0.2) is 6.61 Å². The van der Waals surface area contributed by atoms with Crippen LogP contribution in [-0.2, 0) is 19.1 Å². The number of hydrogen-bond donors (Lipinski definition) is 2. The molecule has 1 aliphatic rings. The fraction of sp³-hybridized carbons (Fsp3) is 0.750.